The molecule has 3 aromatic rings. The monoisotopic (exact) mass is 370 g/mol. The number of nitrogens with one attached hydrogen (secondary N) is 1. The van der Waals surface area contributed by atoms with Crippen LogP contribution in [0.25, 0.3) is 0 Å². The number of aromatic nitrogens is 3. The Balaban J connectivity index is 1.71. The Bertz CT molecular complexity index is 950. The van der Waals surface area contributed by atoms with Gasteiger partial charge in [-0.3, -0.25) is 0 Å². The lowest BCUT2D eigenvalue weighted by molar-refractivity contribution is 0.0460. The van der Waals surface area contributed by atoms with E-state index in [-0.39, 0.29) is 29.2 Å². The maximum Gasteiger partial charge on any atom is 0.342 e. The van der Waals surface area contributed by atoms with Crippen molar-refractivity contribution in [1.82, 2.24) is 15.1 Å². The summed E-state index contributed by atoms with van der Waals surface area (Å²) in [6, 6.07) is 9.03. The van der Waals surface area contributed by atoms with Crippen molar-refractivity contribution in [3.63, 3.8) is 0 Å². The molecule has 0 bridgehead atoms. The van der Waals surface area contributed by atoms with Gasteiger partial charge in [-0.05, 0) is 30.3 Å². The van der Waals surface area contributed by atoms with Gasteiger partial charge < -0.3 is 14.6 Å². The Morgan fingerprint density at radius 1 is 1.26 bits per heavy atom. The highest BCUT2D eigenvalue weighted by atomic mass is 19.1. The summed E-state index contributed by atoms with van der Waals surface area (Å²) in [5.41, 5.74) is 0.387. The third-order valence-electron chi connectivity index (χ3n) is 3.56. The van der Waals surface area contributed by atoms with E-state index in [0.29, 0.717) is 11.6 Å². The highest BCUT2D eigenvalue weighted by molar-refractivity contribution is 5.95. The van der Waals surface area contributed by atoms with Crippen LogP contribution in [0, 0.1) is 5.82 Å². The van der Waals surface area contributed by atoms with Gasteiger partial charge in [0.2, 0.25) is 11.7 Å². The largest absolute Gasteiger partial charge is 0.454 e. The number of hydrogen-bond acceptors (Lipinski definition) is 7. The Labute approximate surface area is 155 Å². The molecule has 0 unspecified atom stereocenters. The Hall–Kier alpha value is -3.29. The number of carbonyl (C=O) groups excluding carboxylic acids is 1. The molecule has 0 aliphatic rings. The number of rotatable bonds is 5. The van der Waals surface area contributed by atoms with E-state index >= 15 is 0 Å². The second kappa shape index (κ2) is 7.53. The fourth-order valence-electron chi connectivity index (χ4n) is 2.20. The van der Waals surface area contributed by atoms with Crippen molar-refractivity contribution in [1.29, 1.82) is 0 Å². The number of hydrogen-bond donors (Lipinski definition) is 1. The summed E-state index contributed by atoms with van der Waals surface area (Å²) >= 11 is 0. The quantitative estimate of drug-likeness (QED) is 0.679. The third kappa shape index (κ3) is 4.66. The summed E-state index contributed by atoms with van der Waals surface area (Å²) in [6.07, 6.45) is 1.52. The van der Waals surface area contributed by atoms with Gasteiger partial charge in [-0.25, -0.2) is 14.2 Å². The van der Waals surface area contributed by atoms with Crippen LogP contribution in [0.5, 0.6) is 0 Å². The molecule has 0 fully saturated rings. The molecule has 3 rings (SSSR count). The van der Waals surface area contributed by atoms with Crippen molar-refractivity contribution in [2.75, 3.05) is 5.32 Å². The van der Waals surface area contributed by atoms with Gasteiger partial charge >= 0.3 is 5.97 Å². The van der Waals surface area contributed by atoms with Gasteiger partial charge in [-0.2, -0.15) is 4.98 Å². The highest BCUT2D eigenvalue weighted by Crippen LogP contribution is 2.21. The lowest BCUT2D eigenvalue weighted by Crippen LogP contribution is -2.12. The van der Waals surface area contributed by atoms with Gasteiger partial charge in [0, 0.05) is 17.3 Å². The summed E-state index contributed by atoms with van der Waals surface area (Å²) in [6.45, 7) is 5.69. The molecule has 0 saturated heterocycles. The average molecular weight is 370 g/mol. The second-order valence-electron chi connectivity index (χ2n) is 6.88. The maximum absolute atomic E-state index is 13.3. The van der Waals surface area contributed by atoms with Crippen LogP contribution in [0.3, 0.4) is 0 Å². The summed E-state index contributed by atoms with van der Waals surface area (Å²) < 4.78 is 23.8. The first-order valence-corrected chi connectivity index (χ1v) is 8.31. The zero-order chi connectivity index (χ0) is 19.4. The van der Waals surface area contributed by atoms with E-state index in [2.05, 4.69) is 20.4 Å². The first-order valence-electron chi connectivity index (χ1n) is 8.31. The van der Waals surface area contributed by atoms with Crippen molar-refractivity contribution in [2.24, 2.45) is 0 Å². The van der Waals surface area contributed by atoms with E-state index in [4.69, 9.17) is 9.26 Å². The summed E-state index contributed by atoms with van der Waals surface area (Å²) in [5.74, 6) is -0.00675. The first-order chi connectivity index (χ1) is 12.8. The molecular formula is C19H19FN4O3. The van der Waals surface area contributed by atoms with Crippen molar-refractivity contribution < 1.29 is 18.4 Å². The van der Waals surface area contributed by atoms with Crippen LogP contribution < -0.4 is 5.32 Å². The number of anilines is 2. The number of ether oxygens (including phenoxy) is 1. The fraction of sp³-hybridized carbons (Fsp3) is 0.263. The minimum Gasteiger partial charge on any atom is -0.454 e. The lowest BCUT2D eigenvalue weighted by Gasteiger charge is -2.10. The zero-order valence-electron chi connectivity index (χ0n) is 15.2. The van der Waals surface area contributed by atoms with E-state index in [0.717, 1.165) is 0 Å². The number of pyridine rings is 1. The Morgan fingerprint density at radius 2 is 2.07 bits per heavy atom. The topological polar surface area (TPSA) is 90.1 Å². The molecule has 0 saturated carbocycles. The number of halogens is 1. The minimum absolute atomic E-state index is 0.132. The minimum atomic E-state index is -0.607. The summed E-state index contributed by atoms with van der Waals surface area (Å²) in [7, 11) is 0. The average Bonchev–Trinajstić information content (AvgIpc) is 3.10. The zero-order valence-corrected chi connectivity index (χ0v) is 15.2. The second-order valence-corrected chi connectivity index (χ2v) is 6.88. The van der Waals surface area contributed by atoms with Crippen LogP contribution in [0.4, 0.5) is 15.9 Å². The van der Waals surface area contributed by atoms with Crippen LogP contribution in [0.2, 0.25) is 0 Å². The van der Waals surface area contributed by atoms with Gasteiger partial charge in [0.05, 0.1) is 0 Å². The summed E-state index contributed by atoms with van der Waals surface area (Å²) in [4.78, 5) is 20.8. The van der Waals surface area contributed by atoms with Crippen molar-refractivity contribution in [3.05, 3.63) is 65.7 Å². The van der Waals surface area contributed by atoms with Crippen LogP contribution >= 0.6 is 0 Å². The SMILES string of the molecule is CC(C)(C)c1nc(COC(=O)c2cccnc2Nc2cccc(F)c2)no1. The molecular weight excluding hydrogens is 351 g/mol. The van der Waals surface area contributed by atoms with Gasteiger partial charge in [-0.15, -0.1) is 0 Å². The molecule has 0 radical (unpaired) electrons. The molecule has 2 aromatic heterocycles. The van der Waals surface area contributed by atoms with E-state index in [1.165, 1.54) is 18.3 Å². The molecule has 0 aliphatic carbocycles. The van der Waals surface area contributed by atoms with E-state index in [9.17, 15) is 9.18 Å². The van der Waals surface area contributed by atoms with Crippen LogP contribution in [-0.2, 0) is 16.8 Å². The molecule has 27 heavy (non-hydrogen) atoms. The molecule has 1 aromatic carbocycles. The van der Waals surface area contributed by atoms with Crippen molar-refractivity contribution >= 4 is 17.5 Å². The van der Waals surface area contributed by atoms with Gasteiger partial charge in [0.1, 0.15) is 17.2 Å². The standard InChI is InChI=1S/C19H19FN4O3/c1-19(2,3)18-23-15(24-27-18)11-26-17(25)14-8-5-9-21-16(14)22-13-7-4-6-12(20)10-13/h4-10H,11H2,1-3H3,(H,21,22). The van der Waals surface area contributed by atoms with Crippen LogP contribution in [0.15, 0.2) is 47.1 Å². The lowest BCUT2D eigenvalue weighted by atomic mass is 9.97. The van der Waals surface area contributed by atoms with E-state index in [1.54, 1.807) is 24.3 Å². The summed E-state index contributed by atoms with van der Waals surface area (Å²) in [5, 5.41) is 6.73. The van der Waals surface area contributed by atoms with Gasteiger partial charge in [0.25, 0.3) is 0 Å². The maximum atomic E-state index is 13.3. The van der Waals surface area contributed by atoms with Crippen molar-refractivity contribution in [2.45, 2.75) is 32.8 Å². The molecule has 0 aliphatic heterocycles. The number of esters is 1. The van der Waals surface area contributed by atoms with E-state index < -0.39 is 11.8 Å². The normalized spacial score (nSPS) is 11.3. The third-order valence-corrected chi connectivity index (χ3v) is 3.56. The predicted octanol–water partition coefficient (Wildman–Crippen LogP) is 4.00. The number of nitrogens with zero attached hydrogens (tertiary/aromatic N) is 3. The first kappa shape index (κ1) is 18.5. The predicted molar refractivity (Wildman–Crippen MR) is 96.0 cm³/mol. The molecule has 0 amide bonds. The highest BCUT2D eigenvalue weighted by Gasteiger charge is 2.22. The van der Waals surface area contributed by atoms with Crippen LogP contribution in [0.1, 0.15) is 42.8 Å². The van der Waals surface area contributed by atoms with Gasteiger partial charge in [-0.1, -0.05) is 32.0 Å². The Kier molecular flexibility index (Phi) is 5.16. The molecule has 8 heteroatoms. The molecule has 2 heterocycles. The molecule has 140 valence electrons. The van der Waals surface area contributed by atoms with Gasteiger partial charge in [0.15, 0.2) is 6.61 Å². The molecule has 0 spiro atoms. The van der Waals surface area contributed by atoms with Crippen molar-refractivity contribution in [3.8, 4) is 0 Å². The van der Waals surface area contributed by atoms with Crippen LogP contribution in [-0.4, -0.2) is 21.1 Å². The Morgan fingerprint density at radius 3 is 2.78 bits per heavy atom. The number of carbonyl (C=O) groups is 1. The molecule has 1 N–H and O–H groups in total. The molecule has 7 nitrogen and oxygen atoms in total. The smallest absolute Gasteiger partial charge is 0.342 e. The number of benzene rings is 1. The molecule has 0 atom stereocenters. The van der Waals surface area contributed by atoms with E-state index in [1.807, 2.05) is 20.8 Å². The fourth-order valence-corrected chi connectivity index (χ4v) is 2.20.